The lowest BCUT2D eigenvalue weighted by Gasteiger charge is -2.37. The van der Waals surface area contributed by atoms with Crippen LogP contribution in [0.4, 0.5) is 0 Å². The van der Waals surface area contributed by atoms with Crippen molar-refractivity contribution in [1.82, 2.24) is 0 Å². The van der Waals surface area contributed by atoms with Crippen molar-refractivity contribution in [3.63, 3.8) is 0 Å². The van der Waals surface area contributed by atoms with Gasteiger partial charge in [-0.25, -0.2) is 0 Å². The Morgan fingerprint density at radius 3 is 1.46 bits per heavy atom. The van der Waals surface area contributed by atoms with E-state index in [0.717, 1.165) is 65.7 Å². The summed E-state index contributed by atoms with van der Waals surface area (Å²) in [5.74, 6) is 0. The molecule has 1 aromatic rings. The maximum absolute atomic E-state index is 5.89. The molecule has 0 atom stereocenters. The van der Waals surface area contributed by atoms with E-state index in [1.165, 1.54) is 22.3 Å². The molecular formula is C22H34O4. The standard InChI is InChI=1S/C22H34O4/c1-17-9-20(6-8-24-12-22(4)15-26-16-22)18(2)10-19(17)5-7-23-11-21(3)13-25-14-21/h9-10H,5-8,11-16H2,1-4H3. The van der Waals surface area contributed by atoms with Crippen LogP contribution in [0.3, 0.4) is 0 Å². The summed E-state index contributed by atoms with van der Waals surface area (Å²) in [6.45, 7) is 15.3. The van der Waals surface area contributed by atoms with Crippen molar-refractivity contribution in [2.24, 2.45) is 10.8 Å². The Labute approximate surface area is 158 Å². The van der Waals surface area contributed by atoms with Gasteiger partial charge in [0, 0.05) is 10.8 Å². The molecule has 26 heavy (non-hydrogen) atoms. The van der Waals surface area contributed by atoms with E-state index in [1.54, 1.807) is 0 Å². The highest BCUT2D eigenvalue weighted by Crippen LogP contribution is 2.27. The molecule has 0 amide bonds. The number of benzene rings is 1. The molecule has 3 rings (SSSR count). The van der Waals surface area contributed by atoms with E-state index in [4.69, 9.17) is 18.9 Å². The van der Waals surface area contributed by atoms with E-state index in [9.17, 15) is 0 Å². The van der Waals surface area contributed by atoms with Crippen LogP contribution in [0.1, 0.15) is 36.1 Å². The van der Waals surface area contributed by atoms with E-state index in [1.807, 2.05) is 0 Å². The molecule has 0 saturated carbocycles. The van der Waals surface area contributed by atoms with Gasteiger partial charge in [-0.15, -0.1) is 0 Å². The van der Waals surface area contributed by atoms with Crippen LogP contribution in [0.5, 0.6) is 0 Å². The smallest absolute Gasteiger partial charge is 0.0564 e. The maximum Gasteiger partial charge on any atom is 0.0564 e. The first-order chi connectivity index (χ1) is 12.4. The van der Waals surface area contributed by atoms with Gasteiger partial charge in [0.2, 0.25) is 0 Å². The Hall–Kier alpha value is -0.940. The topological polar surface area (TPSA) is 36.9 Å². The maximum atomic E-state index is 5.89. The van der Waals surface area contributed by atoms with Gasteiger partial charge in [0.1, 0.15) is 0 Å². The minimum absolute atomic E-state index is 0.234. The molecule has 0 aliphatic carbocycles. The normalized spacial score (nSPS) is 20.5. The largest absolute Gasteiger partial charge is 0.380 e. The van der Waals surface area contributed by atoms with Crippen LogP contribution in [-0.4, -0.2) is 52.9 Å². The molecule has 1 aromatic carbocycles. The molecule has 2 aliphatic rings. The zero-order chi connectivity index (χ0) is 18.6. The second-order valence-corrected chi connectivity index (χ2v) is 8.92. The number of hydrogen-bond donors (Lipinski definition) is 0. The molecule has 2 fully saturated rings. The van der Waals surface area contributed by atoms with Gasteiger partial charge >= 0.3 is 0 Å². The number of rotatable bonds is 10. The van der Waals surface area contributed by atoms with Crippen molar-refractivity contribution < 1.29 is 18.9 Å². The van der Waals surface area contributed by atoms with Crippen LogP contribution in [0.15, 0.2) is 12.1 Å². The SMILES string of the molecule is Cc1cc(CCOCC2(C)COC2)c(C)cc1CCOCC1(C)COC1. The Bertz CT molecular complexity index is 549. The highest BCUT2D eigenvalue weighted by Gasteiger charge is 2.34. The molecule has 4 nitrogen and oxygen atoms in total. The van der Waals surface area contributed by atoms with Gasteiger partial charge in [-0.05, 0) is 48.9 Å². The molecule has 4 heteroatoms. The highest BCUT2D eigenvalue weighted by molar-refractivity contribution is 5.37. The van der Waals surface area contributed by atoms with Crippen molar-refractivity contribution >= 4 is 0 Å². The van der Waals surface area contributed by atoms with Crippen molar-refractivity contribution in [2.45, 2.75) is 40.5 Å². The first kappa shape index (κ1) is 19.8. The lowest BCUT2D eigenvalue weighted by Crippen LogP contribution is -2.43. The van der Waals surface area contributed by atoms with Gasteiger partial charge in [0.15, 0.2) is 0 Å². The quantitative estimate of drug-likeness (QED) is 0.597. The summed E-state index contributed by atoms with van der Waals surface area (Å²) < 4.78 is 22.3. The van der Waals surface area contributed by atoms with E-state index < -0.39 is 0 Å². The summed E-state index contributed by atoms with van der Waals surface area (Å²) in [4.78, 5) is 0. The summed E-state index contributed by atoms with van der Waals surface area (Å²) in [5.41, 5.74) is 5.95. The van der Waals surface area contributed by atoms with Gasteiger partial charge in [-0.1, -0.05) is 26.0 Å². The zero-order valence-electron chi connectivity index (χ0n) is 16.9. The number of aryl methyl sites for hydroxylation is 2. The van der Waals surface area contributed by atoms with E-state index >= 15 is 0 Å². The Balaban J connectivity index is 1.41. The Morgan fingerprint density at radius 1 is 0.769 bits per heavy atom. The van der Waals surface area contributed by atoms with E-state index in [2.05, 4.69) is 39.8 Å². The Kier molecular flexibility index (Phi) is 6.39. The number of hydrogen-bond acceptors (Lipinski definition) is 4. The van der Waals surface area contributed by atoms with Gasteiger partial charge in [0.05, 0.1) is 52.9 Å². The monoisotopic (exact) mass is 362 g/mol. The zero-order valence-corrected chi connectivity index (χ0v) is 16.9. The number of ether oxygens (including phenoxy) is 4. The van der Waals surface area contributed by atoms with Crippen LogP contribution >= 0.6 is 0 Å². The van der Waals surface area contributed by atoms with Gasteiger partial charge in [-0.3, -0.25) is 0 Å². The summed E-state index contributed by atoms with van der Waals surface area (Å²) in [6.07, 6.45) is 1.94. The fourth-order valence-electron chi connectivity index (χ4n) is 3.54. The van der Waals surface area contributed by atoms with E-state index in [-0.39, 0.29) is 10.8 Å². The molecule has 0 unspecified atom stereocenters. The Morgan fingerprint density at radius 2 is 1.15 bits per heavy atom. The van der Waals surface area contributed by atoms with Gasteiger partial charge in [-0.2, -0.15) is 0 Å². The predicted molar refractivity (Wildman–Crippen MR) is 103 cm³/mol. The van der Waals surface area contributed by atoms with Crippen LogP contribution in [0, 0.1) is 24.7 Å². The molecule has 146 valence electrons. The average Bonchev–Trinajstić information content (AvgIpc) is 2.55. The second-order valence-electron chi connectivity index (χ2n) is 8.92. The minimum Gasteiger partial charge on any atom is -0.380 e. The van der Waals surface area contributed by atoms with Crippen LogP contribution in [0.2, 0.25) is 0 Å². The molecule has 2 heterocycles. The average molecular weight is 363 g/mol. The molecule has 0 radical (unpaired) electrons. The second kappa shape index (κ2) is 8.39. The van der Waals surface area contributed by atoms with Gasteiger partial charge in [0.25, 0.3) is 0 Å². The molecule has 2 saturated heterocycles. The van der Waals surface area contributed by atoms with Gasteiger partial charge < -0.3 is 18.9 Å². The lowest BCUT2D eigenvalue weighted by atomic mass is 9.90. The van der Waals surface area contributed by atoms with Crippen molar-refractivity contribution in [3.8, 4) is 0 Å². The molecule has 0 bridgehead atoms. The minimum atomic E-state index is 0.234. The summed E-state index contributed by atoms with van der Waals surface area (Å²) in [6, 6.07) is 4.65. The lowest BCUT2D eigenvalue weighted by molar-refractivity contribution is -0.137. The fourth-order valence-corrected chi connectivity index (χ4v) is 3.54. The predicted octanol–water partition coefficient (Wildman–Crippen LogP) is 3.49. The first-order valence-corrected chi connectivity index (χ1v) is 9.79. The molecule has 2 aliphatic heterocycles. The fraction of sp³-hybridized carbons (Fsp3) is 0.727. The van der Waals surface area contributed by atoms with E-state index in [0.29, 0.717) is 0 Å². The third-order valence-electron chi connectivity index (χ3n) is 5.53. The molecular weight excluding hydrogens is 328 g/mol. The van der Waals surface area contributed by atoms with Crippen molar-refractivity contribution in [3.05, 3.63) is 34.4 Å². The summed E-state index contributed by atoms with van der Waals surface area (Å²) in [5, 5.41) is 0. The third-order valence-corrected chi connectivity index (χ3v) is 5.53. The highest BCUT2D eigenvalue weighted by atomic mass is 16.5. The molecule has 0 spiro atoms. The molecule has 0 N–H and O–H groups in total. The van der Waals surface area contributed by atoms with Crippen LogP contribution in [-0.2, 0) is 31.8 Å². The van der Waals surface area contributed by atoms with Crippen molar-refractivity contribution in [1.29, 1.82) is 0 Å². The third kappa shape index (κ3) is 5.07. The van der Waals surface area contributed by atoms with Crippen LogP contribution in [0.25, 0.3) is 0 Å². The molecule has 0 aromatic heterocycles. The summed E-state index contributed by atoms with van der Waals surface area (Å²) >= 11 is 0. The van der Waals surface area contributed by atoms with Crippen LogP contribution < -0.4 is 0 Å². The van der Waals surface area contributed by atoms with Crippen molar-refractivity contribution in [2.75, 3.05) is 52.9 Å². The summed E-state index contributed by atoms with van der Waals surface area (Å²) in [7, 11) is 0. The first-order valence-electron chi connectivity index (χ1n) is 9.79.